The molecule has 0 radical (unpaired) electrons. The number of carbonyl (C=O) groups is 2. The highest BCUT2D eigenvalue weighted by molar-refractivity contribution is 6.30. The maximum atomic E-state index is 13.2. The van der Waals surface area contributed by atoms with Crippen molar-refractivity contribution in [3.05, 3.63) is 64.9 Å². The third-order valence-electron chi connectivity index (χ3n) is 4.50. The summed E-state index contributed by atoms with van der Waals surface area (Å²) in [4.78, 5) is 26.7. The van der Waals surface area contributed by atoms with Gasteiger partial charge in [-0.2, -0.15) is 0 Å². The minimum absolute atomic E-state index is 0.0805. The quantitative estimate of drug-likeness (QED) is 0.858. The van der Waals surface area contributed by atoms with Crippen LogP contribution in [-0.4, -0.2) is 29.3 Å². The molecule has 2 aromatic carbocycles. The summed E-state index contributed by atoms with van der Waals surface area (Å²) in [6, 6.07) is 12.6. The lowest BCUT2D eigenvalue weighted by molar-refractivity contribution is -0.136. The molecular weight excluding hydrogens is 355 g/mol. The van der Waals surface area contributed by atoms with E-state index in [1.54, 1.807) is 41.3 Å². The van der Waals surface area contributed by atoms with Crippen LogP contribution in [0.4, 0.5) is 10.1 Å². The van der Waals surface area contributed by atoms with Crippen molar-refractivity contribution in [3.63, 3.8) is 0 Å². The van der Waals surface area contributed by atoms with Crippen LogP contribution in [0.2, 0.25) is 5.02 Å². The number of hydrogen-bond donors (Lipinski definition) is 1. The summed E-state index contributed by atoms with van der Waals surface area (Å²) in [7, 11) is 0. The number of rotatable bonds is 5. The predicted molar refractivity (Wildman–Crippen MR) is 99.5 cm³/mol. The Kier molecular flexibility index (Phi) is 5.89. The summed E-state index contributed by atoms with van der Waals surface area (Å²) < 4.78 is 13.2. The first-order valence-corrected chi connectivity index (χ1v) is 9.01. The Bertz CT molecular complexity index is 795. The smallest absolute Gasteiger partial charge is 0.247 e. The molecule has 3 rings (SSSR count). The van der Waals surface area contributed by atoms with Gasteiger partial charge in [0, 0.05) is 23.7 Å². The minimum Gasteiger partial charge on any atom is -0.331 e. The first kappa shape index (κ1) is 18.4. The van der Waals surface area contributed by atoms with E-state index in [1.807, 2.05) is 0 Å². The Hall–Kier alpha value is -2.40. The number of nitrogens with zero attached hydrogens (tertiary/aromatic N) is 1. The SMILES string of the molecule is O=C(Nc1ccc(Cl)cc1)C1CCCN1C(=O)CCc1cccc(F)c1. The predicted octanol–water partition coefficient (Wildman–Crippen LogP) is 4.04. The highest BCUT2D eigenvalue weighted by Gasteiger charge is 2.33. The highest BCUT2D eigenvalue weighted by atomic mass is 35.5. The van der Waals surface area contributed by atoms with Crippen molar-refractivity contribution in [1.29, 1.82) is 0 Å². The van der Waals surface area contributed by atoms with Gasteiger partial charge in [-0.1, -0.05) is 23.7 Å². The Labute approximate surface area is 157 Å². The second-order valence-corrected chi connectivity index (χ2v) is 6.81. The summed E-state index contributed by atoms with van der Waals surface area (Å²) in [6.45, 7) is 0.570. The van der Waals surface area contributed by atoms with E-state index in [2.05, 4.69) is 5.32 Å². The van der Waals surface area contributed by atoms with Gasteiger partial charge in [0.15, 0.2) is 0 Å². The first-order valence-electron chi connectivity index (χ1n) is 8.63. The molecule has 2 amide bonds. The molecule has 1 N–H and O–H groups in total. The van der Waals surface area contributed by atoms with Crippen LogP contribution in [0, 0.1) is 5.82 Å². The van der Waals surface area contributed by atoms with Crippen molar-refractivity contribution in [1.82, 2.24) is 4.90 Å². The second-order valence-electron chi connectivity index (χ2n) is 6.37. The van der Waals surface area contributed by atoms with Gasteiger partial charge in [0.25, 0.3) is 0 Å². The number of anilines is 1. The molecule has 136 valence electrons. The topological polar surface area (TPSA) is 49.4 Å². The van der Waals surface area contributed by atoms with Crippen LogP contribution >= 0.6 is 11.6 Å². The summed E-state index contributed by atoms with van der Waals surface area (Å²) in [5, 5.41) is 3.43. The maximum absolute atomic E-state index is 13.2. The lowest BCUT2D eigenvalue weighted by Gasteiger charge is -2.24. The number of likely N-dealkylation sites (tertiary alicyclic amines) is 1. The number of aryl methyl sites for hydroxylation is 1. The van der Waals surface area contributed by atoms with Crippen molar-refractivity contribution in [2.75, 3.05) is 11.9 Å². The molecule has 1 atom stereocenters. The monoisotopic (exact) mass is 374 g/mol. The molecule has 26 heavy (non-hydrogen) atoms. The standard InChI is InChI=1S/C20H20ClFN2O2/c21-15-7-9-17(10-8-15)23-20(26)18-5-2-12-24(18)19(25)11-6-14-3-1-4-16(22)13-14/h1,3-4,7-10,13,18H,2,5-6,11-12H2,(H,23,26). The third-order valence-corrected chi connectivity index (χ3v) is 4.76. The van der Waals surface area contributed by atoms with Gasteiger partial charge < -0.3 is 10.2 Å². The molecule has 0 bridgehead atoms. The van der Waals surface area contributed by atoms with Crippen molar-refractivity contribution in [2.24, 2.45) is 0 Å². The van der Waals surface area contributed by atoms with Crippen LogP contribution in [0.25, 0.3) is 0 Å². The fourth-order valence-electron chi connectivity index (χ4n) is 3.18. The fraction of sp³-hybridized carbons (Fsp3) is 0.300. The maximum Gasteiger partial charge on any atom is 0.247 e. The van der Waals surface area contributed by atoms with Gasteiger partial charge in [0.05, 0.1) is 0 Å². The normalized spacial score (nSPS) is 16.5. The first-order chi connectivity index (χ1) is 12.5. The lowest BCUT2D eigenvalue weighted by Crippen LogP contribution is -2.43. The summed E-state index contributed by atoms with van der Waals surface area (Å²) in [6.07, 6.45) is 2.16. The van der Waals surface area contributed by atoms with E-state index >= 15 is 0 Å². The van der Waals surface area contributed by atoms with Gasteiger partial charge in [0.1, 0.15) is 11.9 Å². The van der Waals surface area contributed by atoms with Gasteiger partial charge in [0.2, 0.25) is 11.8 Å². The molecular formula is C20H20ClFN2O2. The number of hydrogen-bond acceptors (Lipinski definition) is 2. The molecule has 1 saturated heterocycles. The van der Waals surface area contributed by atoms with Crippen LogP contribution in [0.5, 0.6) is 0 Å². The fourth-order valence-corrected chi connectivity index (χ4v) is 3.31. The molecule has 1 fully saturated rings. The summed E-state index contributed by atoms with van der Waals surface area (Å²) >= 11 is 5.85. The van der Waals surface area contributed by atoms with Crippen molar-refractivity contribution in [2.45, 2.75) is 31.7 Å². The van der Waals surface area contributed by atoms with Crippen molar-refractivity contribution >= 4 is 29.1 Å². The zero-order valence-electron chi connectivity index (χ0n) is 14.3. The Morgan fingerprint density at radius 2 is 1.96 bits per heavy atom. The van der Waals surface area contributed by atoms with Crippen LogP contribution in [-0.2, 0) is 16.0 Å². The van der Waals surface area contributed by atoms with E-state index in [0.717, 1.165) is 12.0 Å². The van der Waals surface area contributed by atoms with Gasteiger partial charge in [-0.3, -0.25) is 9.59 Å². The molecule has 1 aliphatic rings. The molecule has 1 unspecified atom stereocenters. The van der Waals surface area contributed by atoms with Gasteiger partial charge in [-0.25, -0.2) is 4.39 Å². The molecule has 1 aliphatic heterocycles. The lowest BCUT2D eigenvalue weighted by atomic mass is 10.1. The summed E-state index contributed by atoms with van der Waals surface area (Å²) in [5.41, 5.74) is 1.43. The van der Waals surface area contributed by atoms with E-state index in [4.69, 9.17) is 11.6 Å². The minimum atomic E-state index is -0.467. The van der Waals surface area contributed by atoms with E-state index in [-0.39, 0.29) is 24.1 Å². The molecule has 0 saturated carbocycles. The van der Waals surface area contributed by atoms with Crippen LogP contribution < -0.4 is 5.32 Å². The van der Waals surface area contributed by atoms with E-state index in [0.29, 0.717) is 30.1 Å². The molecule has 6 heteroatoms. The van der Waals surface area contributed by atoms with Crippen LogP contribution in [0.3, 0.4) is 0 Å². The van der Waals surface area contributed by atoms with Gasteiger partial charge in [-0.15, -0.1) is 0 Å². The molecule has 0 aromatic heterocycles. The number of nitrogens with one attached hydrogen (secondary N) is 1. The Morgan fingerprint density at radius 1 is 1.19 bits per heavy atom. The molecule has 0 spiro atoms. The number of halogens is 2. The number of amides is 2. The molecule has 1 heterocycles. The van der Waals surface area contributed by atoms with Crippen LogP contribution in [0.1, 0.15) is 24.8 Å². The van der Waals surface area contributed by atoms with E-state index in [9.17, 15) is 14.0 Å². The number of carbonyl (C=O) groups excluding carboxylic acids is 2. The van der Waals surface area contributed by atoms with Gasteiger partial charge >= 0.3 is 0 Å². The third kappa shape index (κ3) is 4.61. The molecule has 2 aromatic rings. The van der Waals surface area contributed by atoms with Crippen molar-refractivity contribution in [3.8, 4) is 0 Å². The largest absolute Gasteiger partial charge is 0.331 e. The molecule has 0 aliphatic carbocycles. The average molecular weight is 375 g/mol. The molecule has 4 nitrogen and oxygen atoms in total. The van der Waals surface area contributed by atoms with Crippen LogP contribution in [0.15, 0.2) is 48.5 Å². The summed E-state index contributed by atoms with van der Waals surface area (Å²) in [5.74, 6) is -0.580. The van der Waals surface area contributed by atoms with Crippen molar-refractivity contribution < 1.29 is 14.0 Å². The second kappa shape index (κ2) is 8.32. The zero-order chi connectivity index (χ0) is 18.5. The Morgan fingerprint density at radius 3 is 2.69 bits per heavy atom. The highest BCUT2D eigenvalue weighted by Crippen LogP contribution is 2.21. The van der Waals surface area contributed by atoms with E-state index in [1.165, 1.54) is 12.1 Å². The van der Waals surface area contributed by atoms with E-state index < -0.39 is 6.04 Å². The van der Waals surface area contributed by atoms with Gasteiger partial charge in [-0.05, 0) is 61.2 Å². The Balaban J connectivity index is 1.58. The average Bonchev–Trinajstić information content (AvgIpc) is 3.12. The number of benzene rings is 2. The zero-order valence-corrected chi connectivity index (χ0v) is 15.0.